The second-order valence-electron chi connectivity index (χ2n) is 7.47. The van der Waals surface area contributed by atoms with Crippen LogP contribution in [0.4, 0.5) is 0 Å². The van der Waals surface area contributed by atoms with Gasteiger partial charge in [0.15, 0.2) is 0 Å². The van der Waals surface area contributed by atoms with Gasteiger partial charge in [0.1, 0.15) is 0 Å². The quantitative estimate of drug-likeness (QED) is 0.803. The molecule has 2 fully saturated rings. The SMILES string of the molecule is CCc1ccc(CN2CC3(CC[C@@H](CNS(=O)(=O)CC)CO3)C2)cc1. The third kappa shape index (κ3) is 4.82. The summed E-state index contributed by atoms with van der Waals surface area (Å²) in [4.78, 5) is 2.43. The fourth-order valence-electron chi connectivity index (χ4n) is 3.69. The predicted molar refractivity (Wildman–Crippen MR) is 100.0 cm³/mol. The van der Waals surface area contributed by atoms with Crippen molar-refractivity contribution in [3.8, 4) is 0 Å². The summed E-state index contributed by atoms with van der Waals surface area (Å²) >= 11 is 0. The van der Waals surface area contributed by atoms with Gasteiger partial charge in [0.05, 0.1) is 18.0 Å². The fourth-order valence-corrected chi connectivity index (χ4v) is 4.39. The Balaban J connectivity index is 1.40. The molecule has 0 bridgehead atoms. The Morgan fingerprint density at radius 1 is 1.20 bits per heavy atom. The second-order valence-corrected chi connectivity index (χ2v) is 9.56. The zero-order valence-corrected chi connectivity index (χ0v) is 16.1. The van der Waals surface area contributed by atoms with Gasteiger partial charge in [-0.05, 0) is 43.2 Å². The van der Waals surface area contributed by atoms with Crippen molar-refractivity contribution in [2.75, 3.05) is 32.0 Å². The number of nitrogens with zero attached hydrogens (tertiary/aromatic N) is 1. The number of likely N-dealkylation sites (tertiary alicyclic amines) is 1. The Hall–Kier alpha value is -0.950. The van der Waals surface area contributed by atoms with Crippen molar-refractivity contribution in [2.24, 2.45) is 5.92 Å². The van der Waals surface area contributed by atoms with E-state index < -0.39 is 10.0 Å². The zero-order valence-electron chi connectivity index (χ0n) is 15.3. The molecule has 1 aromatic carbocycles. The molecule has 5 nitrogen and oxygen atoms in total. The molecule has 2 heterocycles. The number of sulfonamides is 1. The van der Waals surface area contributed by atoms with Gasteiger partial charge >= 0.3 is 0 Å². The van der Waals surface area contributed by atoms with Crippen molar-refractivity contribution in [1.29, 1.82) is 0 Å². The van der Waals surface area contributed by atoms with Crippen molar-refractivity contribution in [2.45, 2.75) is 45.3 Å². The monoisotopic (exact) mass is 366 g/mol. The number of ether oxygens (including phenoxy) is 1. The van der Waals surface area contributed by atoms with E-state index in [-0.39, 0.29) is 11.4 Å². The lowest BCUT2D eigenvalue weighted by atomic mass is 9.83. The highest BCUT2D eigenvalue weighted by molar-refractivity contribution is 7.89. The summed E-state index contributed by atoms with van der Waals surface area (Å²) in [7, 11) is -3.10. The molecule has 3 rings (SSSR count). The van der Waals surface area contributed by atoms with E-state index in [2.05, 4.69) is 40.8 Å². The molecular formula is C19H30N2O3S. The van der Waals surface area contributed by atoms with Gasteiger partial charge in [-0.1, -0.05) is 31.2 Å². The highest BCUT2D eigenvalue weighted by Crippen LogP contribution is 2.36. The van der Waals surface area contributed by atoms with Crippen molar-refractivity contribution < 1.29 is 13.2 Å². The van der Waals surface area contributed by atoms with Gasteiger partial charge in [0.25, 0.3) is 0 Å². The lowest BCUT2D eigenvalue weighted by Crippen LogP contribution is -2.64. The first-order valence-corrected chi connectivity index (χ1v) is 11.0. The first kappa shape index (κ1) is 18.8. The van der Waals surface area contributed by atoms with Gasteiger partial charge in [0.2, 0.25) is 10.0 Å². The smallest absolute Gasteiger partial charge is 0.211 e. The van der Waals surface area contributed by atoms with Gasteiger partial charge in [0, 0.05) is 26.2 Å². The Bertz CT molecular complexity index is 656. The summed E-state index contributed by atoms with van der Waals surface area (Å²) in [6.07, 6.45) is 3.14. The maximum absolute atomic E-state index is 11.5. The number of benzene rings is 1. The molecule has 140 valence electrons. The zero-order chi connectivity index (χ0) is 17.9. The molecule has 2 saturated heterocycles. The molecule has 1 aromatic rings. The summed E-state index contributed by atoms with van der Waals surface area (Å²) in [6, 6.07) is 8.87. The predicted octanol–water partition coefficient (Wildman–Crippen LogP) is 2.17. The molecule has 25 heavy (non-hydrogen) atoms. The van der Waals surface area contributed by atoms with E-state index in [1.54, 1.807) is 6.92 Å². The Morgan fingerprint density at radius 3 is 2.44 bits per heavy atom. The minimum atomic E-state index is -3.10. The third-order valence-electron chi connectivity index (χ3n) is 5.47. The minimum absolute atomic E-state index is 0.00346. The number of nitrogens with one attached hydrogen (secondary N) is 1. The van der Waals surface area contributed by atoms with Crippen LogP contribution in [0.25, 0.3) is 0 Å². The van der Waals surface area contributed by atoms with Gasteiger partial charge in [-0.2, -0.15) is 0 Å². The lowest BCUT2D eigenvalue weighted by Gasteiger charge is -2.53. The summed E-state index contributed by atoms with van der Waals surface area (Å²) in [5.74, 6) is 0.432. The number of hydrogen-bond acceptors (Lipinski definition) is 4. The molecule has 6 heteroatoms. The topological polar surface area (TPSA) is 58.6 Å². The van der Waals surface area contributed by atoms with Gasteiger partial charge in [-0.15, -0.1) is 0 Å². The summed E-state index contributed by atoms with van der Waals surface area (Å²) in [5.41, 5.74) is 2.74. The normalized spacial score (nSPS) is 23.5. The molecule has 0 saturated carbocycles. The Labute approximate surface area is 151 Å². The molecule has 0 radical (unpaired) electrons. The first-order valence-electron chi connectivity index (χ1n) is 9.35. The van der Waals surface area contributed by atoms with Crippen LogP contribution >= 0.6 is 0 Å². The molecule has 0 aliphatic carbocycles. The van der Waals surface area contributed by atoms with Crippen LogP contribution in [-0.2, 0) is 27.7 Å². The first-order chi connectivity index (χ1) is 11.9. The van der Waals surface area contributed by atoms with E-state index in [9.17, 15) is 8.42 Å². The van der Waals surface area contributed by atoms with Crippen molar-refractivity contribution in [3.63, 3.8) is 0 Å². The summed E-state index contributed by atoms with van der Waals surface area (Å²) < 4.78 is 31.9. The molecule has 0 aromatic heterocycles. The fraction of sp³-hybridized carbons (Fsp3) is 0.684. The van der Waals surface area contributed by atoms with Crippen LogP contribution in [0.3, 0.4) is 0 Å². The molecule has 1 atom stereocenters. The molecule has 0 unspecified atom stereocenters. The van der Waals surface area contributed by atoms with E-state index >= 15 is 0 Å². The van der Waals surface area contributed by atoms with Gasteiger partial charge < -0.3 is 4.74 Å². The molecule has 2 aliphatic rings. The van der Waals surface area contributed by atoms with Crippen LogP contribution in [0.15, 0.2) is 24.3 Å². The highest BCUT2D eigenvalue weighted by atomic mass is 32.2. The lowest BCUT2D eigenvalue weighted by molar-refractivity contribution is -0.181. The number of hydrogen-bond donors (Lipinski definition) is 1. The van der Waals surface area contributed by atoms with E-state index in [1.165, 1.54) is 11.1 Å². The van der Waals surface area contributed by atoms with E-state index in [0.717, 1.165) is 38.9 Å². The minimum Gasteiger partial charge on any atom is -0.372 e. The van der Waals surface area contributed by atoms with Crippen LogP contribution < -0.4 is 4.72 Å². The molecule has 1 spiro atoms. The van der Waals surface area contributed by atoms with Crippen LogP contribution in [0.2, 0.25) is 0 Å². The molecule has 2 aliphatic heterocycles. The van der Waals surface area contributed by atoms with Crippen molar-refractivity contribution >= 4 is 10.0 Å². The van der Waals surface area contributed by atoms with Crippen molar-refractivity contribution in [1.82, 2.24) is 9.62 Å². The molecular weight excluding hydrogens is 336 g/mol. The average Bonchev–Trinajstić information content (AvgIpc) is 2.60. The standard InChI is InChI=1S/C19H30N2O3S/c1-3-16-5-7-17(8-6-16)12-21-14-19(15-21)10-9-18(13-24-19)11-20-25(22,23)4-2/h5-8,18,20H,3-4,9-15H2,1-2H3/t18-/m0/s1. The summed E-state index contributed by atoms with van der Waals surface area (Å²) in [5, 5.41) is 0. The molecule has 0 amide bonds. The highest BCUT2D eigenvalue weighted by Gasteiger charge is 2.46. The third-order valence-corrected chi connectivity index (χ3v) is 6.83. The van der Waals surface area contributed by atoms with Crippen LogP contribution in [0, 0.1) is 5.92 Å². The van der Waals surface area contributed by atoms with Gasteiger partial charge in [-0.25, -0.2) is 13.1 Å². The van der Waals surface area contributed by atoms with Crippen molar-refractivity contribution in [3.05, 3.63) is 35.4 Å². The van der Waals surface area contributed by atoms with Crippen LogP contribution in [0.5, 0.6) is 0 Å². The number of aryl methyl sites for hydroxylation is 1. The summed E-state index contributed by atoms with van der Waals surface area (Å²) in [6.45, 7) is 7.94. The second kappa shape index (κ2) is 7.74. The average molecular weight is 367 g/mol. The maximum Gasteiger partial charge on any atom is 0.211 e. The van der Waals surface area contributed by atoms with Crippen LogP contribution in [-0.4, -0.2) is 50.9 Å². The largest absolute Gasteiger partial charge is 0.372 e. The van der Waals surface area contributed by atoms with E-state index in [0.29, 0.717) is 19.1 Å². The van der Waals surface area contributed by atoms with E-state index in [4.69, 9.17) is 4.74 Å². The number of rotatable bonds is 7. The Kier molecular flexibility index (Phi) is 5.83. The van der Waals surface area contributed by atoms with Crippen LogP contribution in [0.1, 0.15) is 37.8 Å². The maximum atomic E-state index is 11.5. The molecule has 1 N–H and O–H groups in total. The Morgan fingerprint density at radius 2 is 1.88 bits per heavy atom. The van der Waals surface area contributed by atoms with Gasteiger partial charge in [-0.3, -0.25) is 4.90 Å². The van der Waals surface area contributed by atoms with E-state index in [1.807, 2.05) is 0 Å².